The summed E-state index contributed by atoms with van der Waals surface area (Å²) in [5.74, 6) is 1.46. The lowest BCUT2D eigenvalue weighted by Crippen LogP contribution is -2.06. The number of pyridine rings is 1. The van der Waals surface area contributed by atoms with Crippen molar-refractivity contribution in [1.82, 2.24) is 29.1 Å². The van der Waals surface area contributed by atoms with E-state index in [0.29, 0.717) is 51.0 Å². The molecule has 0 fully saturated rings. The summed E-state index contributed by atoms with van der Waals surface area (Å²) in [6, 6.07) is 96.1. The van der Waals surface area contributed by atoms with Crippen molar-refractivity contribution < 1.29 is 0 Å². The van der Waals surface area contributed by atoms with E-state index in [2.05, 4.69) is 130 Å². The smallest absolute Gasteiger partial charge is 0.164 e. The van der Waals surface area contributed by atoms with Crippen LogP contribution in [0.15, 0.2) is 267 Å². The quantitative estimate of drug-likeness (QED) is 0.131. The Hall–Kier alpha value is -12.9. The third-order valence-electron chi connectivity index (χ3n) is 16.3. The number of fused-ring (bicyclic) bond motifs is 6. The first-order chi connectivity index (χ1) is 43.4. The van der Waals surface area contributed by atoms with E-state index in [4.69, 9.17) is 19.9 Å². The molecule has 0 radical (unpaired) electrons. The SMILES string of the molecule is N#Cc1cccc(-c2ccc3c(c2)c2cc(-c4cccc(C#N)c4)ccc2n3-c2cccnc2-c2c(-c3nc(-c4ccccc4)nc(-c4ccccc4)n3)cccc2-n2c3ccc(-c4cccc(C#N)c4)cc3c3cc(-c4cccc(C#N)c4)ccc32)c1. The summed E-state index contributed by atoms with van der Waals surface area (Å²) in [6.07, 6.45) is 1.83. The molecule has 0 aliphatic rings. The van der Waals surface area contributed by atoms with Crippen molar-refractivity contribution >= 4 is 43.6 Å². The predicted octanol–water partition coefficient (Wildman–Crippen LogP) is 18.3. The van der Waals surface area contributed by atoms with E-state index in [1.807, 2.05) is 170 Å². The Morgan fingerprint density at radius 1 is 0.273 bits per heavy atom. The molecule has 0 unspecified atom stereocenters. The third kappa shape index (κ3) is 9.13. The molecule has 10 nitrogen and oxygen atoms in total. The molecule has 11 aromatic carbocycles. The molecule has 0 aliphatic heterocycles. The minimum absolute atomic E-state index is 0.442. The van der Waals surface area contributed by atoms with Gasteiger partial charge in [0.15, 0.2) is 17.5 Å². The highest BCUT2D eigenvalue weighted by molar-refractivity contribution is 6.14. The number of rotatable bonds is 10. The van der Waals surface area contributed by atoms with E-state index < -0.39 is 0 Å². The van der Waals surface area contributed by atoms with Crippen LogP contribution in [0.3, 0.4) is 0 Å². The van der Waals surface area contributed by atoms with Crippen LogP contribution in [0.5, 0.6) is 0 Å². The van der Waals surface area contributed by atoms with Gasteiger partial charge in [-0.1, -0.05) is 146 Å². The van der Waals surface area contributed by atoms with Crippen molar-refractivity contribution in [2.75, 3.05) is 0 Å². The zero-order valence-corrected chi connectivity index (χ0v) is 46.9. The number of hydrogen-bond donors (Lipinski definition) is 0. The maximum absolute atomic E-state index is 10.0. The second-order valence-electron chi connectivity index (χ2n) is 21.5. The van der Waals surface area contributed by atoms with Crippen LogP contribution in [0, 0.1) is 45.3 Å². The van der Waals surface area contributed by atoms with Gasteiger partial charge in [-0.15, -0.1) is 0 Å². The van der Waals surface area contributed by atoms with Gasteiger partial charge in [0.05, 0.1) is 85.7 Å². The van der Waals surface area contributed by atoms with Crippen molar-refractivity contribution in [2.24, 2.45) is 0 Å². The molecule has 0 amide bonds. The van der Waals surface area contributed by atoms with Crippen LogP contribution in [0.1, 0.15) is 22.3 Å². The summed E-state index contributed by atoms with van der Waals surface area (Å²) < 4.78 is 4.59. The number of nitrogens with zero attached hydrogens (tertiary/aromatic N) is 10. The largest absolute Gasteiger partial charge is 0.309 e. The molecule has 88 heavy (non-hydrogen) atoms. The Balaban J connectivity index is 1.05. The van der Waals surface area contributed by atoms with Crippen molar-refractivity contribution in [3.8, 4) is 126 Å². The van der Waals surface area contributed by atoms with Gasteiger partial charge in [0.25, 0.3) is 0 Å². The van der Waals surface area contributed by atoms with E-state index in [1.54, 1.807) is 0 Å². The lowest BCUT2D eigenvalue weighted by molar-refractivity contribution is 1.07. The molecule has 15 aromatic rings. The highest BCUT2D eigenvalue weighted by Crippen LogP contribution is 2.46. The van der Waals surface area contributed by atoms with Gasteiger partial charge >= 0.3 is 0 Å². The van der Waals surface area contributed by atoms with E-state index in [0.717, 1.165) is 116 Å². The average molecular weight is 1120 g/mol. The molecule has 0 saturated heterocycles. The van der Waals surface area contributed by atoms with Crippen molar-refractivity contribution in [3.63, 3.8) is 0 Å². The van der Waals surface area contributed by atoms with Crippen molar-refractivity contribution in [2.45, 2.75) is 0 Å². The van der Waals surface area contributed by atoms with Crippen molar-refractivity contribution in [1.29, 1.82) is 21.0 Å². The molecule has 10 heteroatoms. The maximum atomic E-state index is 10.0. The van der Waals surface area contributed by atoms with Gasteiger partial charge in [0.2, 0.25) is 0 Å². The lowest BCUT2D eigenvalue weighted by Gasteiger charge is -2.20. The van der Waals surface area contributed by atoms with Gasteiger partial charge in [-0.3, -0.25) is 4.98 Å². The highest BCUT2D eigenvalue weighted by Gasteiger charge is 2.27. The van der Waals surface area contributed by atoms with Crippen LogP contribution >= 0.6 is 0 Å². The van der Waals surface area contributed by atoms with Crippen LogP contribution in [0.4, 0.5) is 0 Å². The number of nitriles is 4. The second kappa shape index (κ2) is 21.7. The fourth-order valence-electron chi connectivity index (χ4n) is 12.2. The van der Waals surface area contributed by atoms with Crippen LogP contribution in [0.25, 0.3) is 145 Å². The molecular weight excluding hydrogens is 1080 g/mol. The third-order valence-corrected chi connectivity index (χ3v) is 16.3. The lowest BCUT2D eigenvalue weighted by atomic mass is 9.98. The predicted molar refractivity (Wildman–Crippen MR) is 349 cm³/mol. The van der Waals surface area contributed by atoms with Crippen molar-refractivity contribution in [3.05, 3.63) is 289 Å². The second-order valence-corrected chi connectivity index (χ2v) is 21.5. The summed E-state index contributed by atoms with van der Waals surface area (Å²) in [4.78, 5) is 21.4. The van der Waals surface area contributed by atoms with Crippen LogP contribution in [0.2, 0.25) is 0 Å². The van der Waals surface area contributed by atoms with E-state index >= 15 is 0 Å². The molecular formula is C78H44N10. The van der Waals surface area contributed by atoms with Gasteiger partial charge in [-0.2, -0.15) is 21.0 Å². The molecule has 0 atom stereocenters. The molecule has 4 aromatic heterocycles. The molecule has 406 valence electrons. The fourth-order valence-corrected chi connectivity index (χ4v) is 12.2. The fraction of sp³-hybridized carbons (Fsp3) is 0. The summed E-state index contributed by atoms with van der Waals surface area (Å²) in [6.45, 7) is 0. The van der Waals surface area contributed by atoms with Crippen LogP contribution < -0.4 is 0 Å². The topological polar surface area (TPSA) is 157 Å². The summed E-state index contributed by atoms with van der Waals surface area (Å²) >= 11 is 0. The van der Waals surface area contributed by atoms with E-state index in [9.17, 15) is 21.0 Å². The first-order valence-corrected chi connectivity index (χ1v) is 28.6. The Morgan fingerprint density at radius 3 is 0.989 bits per heavy atom. The van der Waals surface area contributed by atoms with Gasteiger partial charge in [0.1, 0.15) is 0 Å². The monoisotopic (exact) mass is 1120 g/mol. The van der Waals surface area contributed by atoms with Crippen LogP contribution in [-0.2, 0) is 0 Å². The molecule has 0 N–H and O–H groups in total. The van der Waals surface area contributed by atoms with Gasteiger partial charge in [0, 0.05) is 50.0 Å². The Bertz CT molecular complexity index is 5230. The van der Waals surface area contributed by atoms with Crippen LogP contribution in [-0.4, -0.2) is 29.1 Å². The Kier molecular flexibility index (Phi) is 12.8. The molecule has 0 aliphatic carbocycles. The first kappa shape index (κ1) is 52.0. The minimum Gasteiger partial charge on any atom is -0.309 e. The summed E-state index contributed by atoms with van der Waals surface area (Å²) in [5, 5.41) is 43.9. The number of aromatic nitrogens is 6. The zero-order chi connectivity index (χ0) is 59.2. The summed E-state index contributed by atoms with van der Waals surface area (Å²) in [5.41, 5.74) is 18.7. The molecule has 0 saturated carbocycles. The highest BCUT2D eigenvalue weighted by atomic mass is 15.1. The number of hydrogen-bond acceptors (Lipinski definition) is 8. The zero-order valence-electron chi connectivity index (χ0n) is 46.9. The number of benzene rings is 11. The van der Waals surface area contributed by atoms with Gasteiger partial charge in [-0.05, 0) is 160 Å². The molecule has 0 bridgehead atoms. The molecule has 0 spiro atoms. The van der Waals surface area contributed by atoms with E-state index in [-0.39, 0.29) is 0 Å². The summed E-state index contributed by atoms with van der Waals surface area (Å²) in [7, 11) is 0. The molecule has 4 heterocycles. The Morgan fingerprint density at radius 2 is 0.602 bits per heavy atom. The van der Waals surface area contributed by atoms with E-state index in [1.165, 1.54) is 0 Å². The Labute approximate surface area is 505 Å². The van der Waals surface area contributed by atoms with Gasteiger partial charge in [-0.25, -0.2) is 15.0 Å². The molecule has 15 rings (SSSR count). The average Bonchev–Trinajstić information content (AvgIpc) is 3.91. The van der Waals surface area contributed by atoms with Gasteiger partial charge < -0.3 is 9.13 Å². The normalized spacial score (nSPS) is 11.1. The first-order valence-electron chi connectivity index (χ1n) is 28.6. The minimum atomic E-state index is 0.442. The maximum Gasteiger partial charge on any atom is 0.164 e. The standard InChI is InChI=1S/C78H44N10/c79-45-49-13-7-21-55(37-49)59-28-32-68-64(41-59)65-42-60(56-22-8-14-50(38-56)46-80)29-33-69(65)87(68)72-26-11-25-63(78-85-76(53-17-3-1-4-18-53)84-77(86-78)54-19-5-2-6-20-54)74(72)75-73(27-12-36-83-75)88-70-34-30-61(57-23-9-15-51(39-57)47-81)43-66(70)67-44-62(31-35-71(67)88)58-24-10-16-52(40-58)48-82/h1-44H.